The molecule has 2 aliphatic carbocycles. The highest BCUT2D eigenvalue weighted by molar-refractivity contribution is 5.84. The molecule has 2 unspecified atom stereocenters. The molecule has 2 saturated carbocycles. The van der Waals surface area contributed by atoms with E-state index in [4.69, 9.17) is 4.74 Å². The highest BCUT2D eigenvalue weighted by Gasteiger charge is 2.61. The maximum absolute atomic E-state index is 12.6. The Morgan fingerprint density at radius 2 is 2.00 bits per heavy atom. The van der Waals surface area contributed by atoms with Crippen LogP contribution >= 0.6 is 0 Å². The molecule has 0 spiro atoms. The summed E-state index contributed by atoms with van der Waals surface area (Å²) in [6.45, 7) is 8.63. The zero-order chi connectivity index (χ0) is 13.7. The predicted octanol–water partition coefficient (Wildman–Crippen LogP) is 3.97. The third-order valence-corrected chi connectivity index (χ3v) is 5.23. The van der Waals surface area contributed by atoms with Gasteiger partial charge in [-0.25, -0.2) is 0 Å². The van der Waals surface area contributed by atoms with E-state index in [1.807, 2.05) is 30.3 Å². The van der Waals surface area contributed by atoms with Crippen molar-refractivity contribution in [3.05, 3.63) is 42.5 Å². The molecule has 0 N–H and O–H groups in total. The highest BCUT2D eigenvalue weighted by Crippen LogP contribution is 2.65. The highest BCUT2D eigenvalue weighted by atomic mass is 16.5. The van der Waals surface area contributed by atoms with E-state index < -0.39 is 5.41 Å². The molecule has 100 valence electrons. The molecule has 0 aromatic heterocycles. The number of benzene rings is 1. The first-order chi connectivity index (χ1) is 8.97. The SMILES string of the molecule is C=C1C2(C(=O)Oc3ccccc3)CCC(C2)C1(C)C. The molecule has 2 atom stereocenters. The topological polar surface area (TPSA) is 26.3 Å². The van der Waals surface area contributed by atoms with Crippen LogP contribution in [0.3, 0.4) is 0 Å². The van der Waals surface area contributed by atoms with Crippen LogP contribution in [0.15, 0.2) is 42.5 Å². The van der Waals surface area contributed by atoms with Crippen molar-refractivity contribution in [3.63, 3.8) is 0 Å². The Kier molecular flexibility index (Phi) is 2.60. The maximum atomic E-state index is 12.6. The van der Waals surface area contributed by atoms with Gasteiger partial charge in [0.05, 0.1) is 5.41 Å². The number of hydrogen-bond donors (Lipinski definition) is 0. The van der Waals surface area contributed by atoms with Gasteiger partial charge in [-0.3, -0.25) is 4.79 Å². The molecule has 1 aromatic carbocycles. The van der Waals surface area contributed by atoms with Crippen molar-refractivity contribution in [3.8, 4) is 5.75 Å². The minimum Gasteiger partial charge on any atom is -0.426 e. The summed E-state index contributed by atoms with van der Waals surface area (Å²) in [7, 11) is 0. The summed E-state index contributed by atoms with van der Waals surface area (Å²) in [5.74, 6) is 1.09. The van der Waals surface area contributed by atoms with Gasteiger partial charge in [-0.1, -0.05) is 44.2 Å². The molecule has 0 amide bonds. The molecule has 3 rings (SSSR count). The van der Waals surface area contributed by atoms with Crippen molar-refractivity contribution < 1.29 is 9.53 Å². The lowest BCUT2D eigenvalue weighted by molar-refractivity contribution is -0.143. The van der Waals surface area contributed by atoms with Gasteiger partial charge >= 0.3 is 5.97 Å². The lowest BCUT2D eigenvalue weighted by atomic mass is 9.68. The van der Waals surface area contributed by atoms with Crippen molar-refractivity contribution >= 4 is 5.97 Å². The largest absolute Gasteiger partial charge is 0.426 e. The zero-order valence-corrected chi connectivity index (χ0v) is 11.6. The van der Waals surface area contributed by atoms with E-state index in [0.29, 0.717) is 11.7 Å². The Morgan fingerprint density at radius 3 is 2.58 bits per heavy atom. The molecule has 2 bridgehead atoms. The number of para-hydroxylation sites is 1. The minimum absolute atomic E-state index is 0.0635. The Hall–Kier alpha value is -1.57. The monoisotopic (exact) mass is 256 g/mol. The Labute approximate surface area is 114 Å². The van der Waals surface area contributed by atoms with Crippen LogP contribution in [0.4, 0.5) is 0 Å². The first-order valence-electron chi connectivity index (χ1n) is 6.94. The molecule has 2 fully saturated rings. The maximum Gasteiger partial charge on any atom is 0.321 e. The molecule has 19 heavy (non-hydrogen) atoms. The Morgan fingerprint density at radius 1 is 1.32 bits per heavy atom. The molecule has 0 saturated heterocycles. The summed E-state index contributed by atoms with van der Waals surface area (Å²) >= 11 is 0. The number of ether oxygens (including phenoxy) is 1. The average Bonchev–Trinajstić information content (AvgIpc) is 2.91. The van der Waals surface area contributed by atoms with Crippen molar-refractivity contribution in [1.29, 1.82) is 0 Å². The number of carbonyl (C=O) groups is 1. The summed E-state index contributed by atoms with van der Waals surface area (Å²) in [6.07, 6.45) is 2.91. The normalized spacial score (nSPS) is 31.5. The van der Waals surface area contributed by atoms with Crippen LogP contribution in [0.5, 0.6) is 5.75 Å². The van der Waals surface area contributed by atoms with Crippen LogP contribution in [-0.4, -0.2) is 5.97 Å². The molecule has 2 heteroatoms. The number of rotatable bonds is 2. The fourth-order valence-electron chi connectivity index (χ4n) is 3.80. The average molecular weight is 256 g/mol. The van der Waals surface area contributed by atoms with Gasteiger partial charge in [-0.2, -0.15) is 0 Å². The van der Waals surface area contributed by atoms with Crippen molar-refractivity contribution in [1.82, 2.24) is 0 Å². The van der Waals surface area contributed by atoms with Crippen molar-refractivity contribution in [2.24, 2.45) is 16.7 Å². The number of hydrogen-bond acceptors (Lipinski definition) is 2. The van der Waals surface area contributed by atoms with E-state index in [-0.39, 0.29) is 11.4 Å². The van der Waals surface area contributed by atoms with E-state index in [9.17, 15) is 4.79 Å². The van der Waals surface area contributed by atoms with Gasteiger partial charge < -0.3 is 4.74 Å². The third kappa shape index (κ3) is 1.66. The summed E-state index contributed by atoms with van der Waals surface area (Å²) in [5.41, 5.74) is 0.690. The minimum atomic E-state index is -0.440. The fraction of sp³-hybridized carbons (Fsp3) is 0.471. The van der Waals surface area contributed by atoms with E-state index in [1.165, 1.54) is 0 Å². The molecule has 2 aliphatic rings. The van der Waals surface area contributed by atoms with Gasteiger partial charge in [-0.15, -0.1) is 0 Å². The smallest absolute Gasteiger partial charge is 0.321 e. The summed E-state index contributed by atoms with van der Waals surface area (Å²) < 4.78 is 5.58. The number of carbonyl (C=O) groups excluding carboxylic acids is 1. The Bertz CT molecular complexity index is 529. The first-order valence-corrected chi connectivity index (χ1v) is 6.94. The second-order valence-corrected chi connectivity index (χ2v) is 6.42. The van der Waals surface area contributed by atoms with Gasteiger partial charge in [0.2, 0.25) is 0 Å². The molecular formula is C17H20O2. The third-order valence-electron chi connectivity index (χ3n) is 5.23. The van der Waals surface area contributed by atoms with Crippen LogP contribution < -0.4 is 4.74 Å². The molecule has 1 aromatic rings. The standard InChI is InChI=1S/C17H20O2/c1-12-16(2,3)13-9-10-17(12,11-13)15(18)19-14-7-5-4-6-8-14/h4-8,13H,1,9-11H2,2-3H3. The van der Waals surface area contributed by atoms with E-state index in [2.05, 4.69) is 20.4 Å². The van der Waals surface area contributed by atoms with Crippen LogP contribution in [0.25, 0.3) is 0 Å². The van der Waals surface area contributed by atoms with Gasteiger partial charge in [-0.05, 0) is 42.7 Å². The second kappa shape index (κ2) is 3.96. The number of fused-ring (bicyclic) bond motifs is 2. The van der Waals surface area contributed by atoms with Crippen LogP contribution in [-0.2, 0) is 4.79 Å². The second-order valence-electron chi connectivity index (χ2n) is 6.42. The van der Waals surface area contributed by atoms with E-state index in [0.717, 1.165) is 24.8 Å². The van der Waals surface area contributed by atoms with Crippen LogP contribution in [0.2, 0.25) is 0 Å². The first kappa shape index (κ1) is 12.5. The molecule has 0 heterocycles. The summed E-state index contributed by atoms with van der Waals surface area (Å²) in [6, 6.07) is 9.32. The zero-order valence-electron chi connectivity index (χ0n) is 11.6. The van der Waals surface area contributed by atoms with Gasteiger partial charge in [0, 0.05) is 0 Å². The lowest BCUT2D eigenvalue weighted by Gasteiger charge is -2.36. The van der Waals surface area contributed by atoms with Crippen molar-refractivity contribution in [2.45, 2.75) is 33.1 Å². The van der Waals surface area contributed by atoms with Crippen LogP contribution in [0.1, 0.15) is 33.1 Å². The van der Waals surface area contributed by atoms with Gasteiger partial charge in [0.1, 0.15) is 5.75 Å². The molecule has 0 radical (unpaired) electrons. The fourth-order valence-corrected chi connectivity index (χ4v) is 3.80. The summed E-state index contributed by atoms with van der Waals surface area (Å²) in [5, 5.41) is 0. The van der Waals surface area contributed by atoms with E-state index >= 15 is 0 Å². The lowest BCUT2D eigenvalue weighted by Crippen LogP contribution is -2.36. The van der Waals surface area contributed by atoms with Gasteiger partial charge in [0.15, 0.2) is 0 Å². The van der Waals surface area contributed by atoms with Gasteiger partial charge in [0.25, 0.3) is 0 Å². The molecule has 0 aliphatic heterocycles. The molecular weight excluding hydrogens is 236 g/mol. The number of esters is 1. The quantitative estimate of drug-likeness (QED) is 0.454. The molecule has 2 nitrogen and oxygen atoms in total. The Balaban J connectivity index is 1.86. The van der Waals surface area contributed by atoms with Crippen molar-refractivity contribution in [2.75, 3.05) is 0 Å². The van der Waals surface area contributed by atoms with E-state index in [1.54, 1.807) is 0 Å². The summed E-state index contributed by atoms with van der Waals surface area (Å²) in [4.78, 5) is 12.6. The predicted molar refractivity (Wildman–Crippen MR) is 74.8 cm³/mol. The van der Waals surface area contributed by atoms with Crippen LogP contribution in [0, 0.1) is 16.7 Å².